The molecule has 0 aliphatic carbocycles. The molecule has 0 spiro atoms. The highest BCUT2D eigenvalue weighted by Crippen LogP contribution is 2.16. The molecule has 1 heterocycles. The maximum absolute atomic E-state index is 3.75. The lowest BCUT2D eigenvalue weighted by molar-refractivity contribution is 0.966. The monoisotopic (exact) mass is 197 g/mol. The number of hydrogen-bond acceptors (Lipinski definition) is 0. The molecule has 0 bridgehead atoms. The Kier molecular flexibility index (Phi) is 2.46. The molecular weight excluding hydrogens is 182 g/mol. The summed E-state index contributed by atoms with van der Waals surface area (Å²) in [5, 5.41) is 0. The molecule has 0 radical (unpaired) electrons. The van der Waals surface area contributed by atoms with Crippen molar-refractivity contribution in [1.82, 2.24) is 4.57 Å². The van der Waals surface area contributed by atoms with Crippen LogP contribution in [0, 0.1) is 13.8 Å². The first kappa shape index (κ1) is 9.78. The first-order valence-electron chi connectivity index (χ1n) is 5.10. The highest BCUT2D eigenvalue weighted by atomic mass is 15.0. The Morgan fingerprint density at radius 1 is 0.933 bits per heavy atom. The summed E-state index contributed by atoms with van der Waals surface area (Å²) >= 11 is 0. The lowest BCUT2D eigenvalue weighted by atomic mass is 10.2. The Bertz CT molecular complexity index is 455. The maximum Gasteiger partial charge on any atom is 0.0455 e. The van der Waals surface area contributed by atoms with Crippen LogP contribution in [0.2, 0.25) is 0 Å². The first-order valence-corrected chi connectivity index (χ1v) is 5.10. The number of nitrogens with zero attached hydrogens (tertiary/aromatic N) is 1. The van der Waals surface area contributed by atoms with E-state index in [1.165, 1.54) is 17.1 Å². The third kappa shape index (κ3) is 1.73. The Balaban J connectivity index is 2.50. The van der Waals surface area contributed by atoms with E-state index in [1.807, 2.05) is 6.08 Å². The van der Waals surface area contributed by atoms with Crippen molar-refractivity contribution >= 4 is 6.08 Å². The summed E-state index contributed by atoms with van der Waals surface area (Å²) in [4.78, 5) is 0. The molecule has 0 amide bonds. The average Bonchev–Trinajstić information content (AvgIpc) is 2.59. The fourth-order valence-electron chi connectivity index (χ4n) is 1.84. The fraction of sp³-hybridized carbons (Fsp3) is 0.143. The highest BCUT2D eigenvalue weighted by Gasteiger charge is 2.02. The van der Waals surface area contributed by atoms with Gasteiger partial charge in [0.2, 0.25) is 0 Å². The van der Waals surface area contributed by atoms with Gasteiger partial charge in [0.15, 0.2) is 0 Å². The van der Waals surface area contributed by atoms with E-state index in [9.17, 15) is 0 Å². The van der Waals surface area contributed by atoms with Crippen molar-refractivity contribution < 1.29 is 0 Å². The van der Waals surface area contributed by atoms with Crippen LogP contribution in [-0.4, -0.2) is 4.57 Å². The van der Waals surface area contributed by atoms with Gasteiger partial charge in [-0.15, -0.1) is 0 Å². The molecule has 1 aromatic carbocycles. The van der Waals surface area contributed by atoms with Crippen LogP contribution in [0.1, 0.15) is 17.0 Å². The normalized spacial score (nSPS) is 10.3. The van der Waals surface area contributed by atoms with Crippen LogP contribution in [0.4, 0.5) is 0 Å². The zero-order valence-electron chi connectivity index (χ0n) is 9.20. The molecule has 15 heavy (non-hydrogen) atoms. The van der Waals surface area contributed by atoms with Gasteiger partial charge in [0.25, 0.3) is 0 Å². The zero-order valence-corrected chi connectivity index (χ0v) is 9.20. The van der Waals surface area contributed by atoms with E-state index < -0.39 is 0 Å². The molecule has 0 aliphatic heterocycles. The van der Waals surface area contributed by atoms with Crippen molar-refractivity contribution in [1.29, 1.82) is 0 Å². The summed E-state index contributed by atoms with van der Waals surface area (Å²) in [6.07, 6.45) is 1.86. The summed E-state index contributed by atoms with van der Waals surface area (Å²) in [7, 11) is 0. The van der Waals surface area contributed by atoms with Crippen molar-refractivity contribution in [3.05, 3.63) is 59.9 Å². The van der Waals surface area contributed by atoms with E-state index in [-0.39, 0.29) is 0 Å². The lowest BCUT2D eigenvalue weighted by Crippen LogP contribution is -1.97. The minimum atomic E-state index is 1.15. The highest BCUT2D eigenvalue weighted by molar-refractivity contribution is 5.50. The van der Waals surface area contributed by atoms with E-state index in [0.717, 1.165) is 5.56 Å². The summed E-state index contributed by atoms with van der Waals surface area (Å²) < 4.78 is 2.24. The minimum absolute atomic E-state index is 1.15. The van der Waals surface area contributed by atoms with Crippen LogP contribution in [0.25, 0.3) is 11.8 Å². The van der Waals surface area contributed by atoms with E-state index in [4.69, 9.17) is 0 Å². The van der Waals surface area contributed by atoms with Gasteiger partial charge in [0.05, 0.1) is 0 Å². The van der Waals surface area contributed by atoms with Crippen LogP contribution in [0.3, 0.4) is 0 Å². The van der Waals surface area contributed by atoms with Gasteiger partial charge in [-0.2, -0.15) is 0 Å². The molecule has 0 aliphatic rings. The number of benzene rings is 1. The molecule has 1 nitrogen and oxygen atoms in total. The fourth-order valence-corrected chi connectivity index (χ4v) is 1.84. The van der Waals surface area contributed by atoms with Crippen molar-refractivity contribution in [2.45, 2.75) is 13.8 Å². The molecule has 1 heteroatoms. The van der Waals surface area contributed by atoms with Gasteiger partial charge in [0.1, 0.15) is 0 Å². The zero-order chi connectivity index (χ0) is 10.8. The molecule has 0 N–H and O–H groups in total. The van der Waals surface area contributed by atoms with Crippen molar-refractivity contribution in [3.63, 3.8) is 0 Å². The van der Waals surface area contributed by atoms with Crippen molar-refractivity contribution in [2.75, 3.05) is 0 Å². The number of aryl methyl sites for hydroxylation is 2. The molecular formula is C14H15N. The second-order valence-electron chi connectivity index (χ2n) is 3.75. The molecule has 0 atom stereocenters. The molecule has 0 fully saturated rings. The standard InChI is InChI=1S/C14H15N/c1-4-13-7-9-14(10-8-13)15-11(2)5-6-12(15)3/h4-10H,1H2,2-3H3. The van der Waals surface area contributed by atoms with Crippen LogP contribution in [-0.2, 0) is 0 Å². The molecule has 1 aromatic heterocycles. The van der Waals surface area contributed by atoms with E-state index >= 15 is 0 Å². The van der Waals surface area contributed by atoms with Crippen LogP contribution < -0.4 is 0 Å². The average molecular weight is 197 g/mol. The second kappa shape index (κ2) is 3.77. The van der Waals surface area contributed by atoms with Crippen molar-refractivity contribution in [2.24, 2.45) is 0 Å². The molecule has 0 saturated heterocycles. The minimum Gasteiger partial charge on any atom is -0.319 e. The SMILES string of the molecule is C=Cc1ccc(-n2c(C)ccc2C)cc1. The molecule has 2 aromatic rings. The summed E-state index contributed by atoms with van der Waals surface area (Å²) in [6, 6.07) is 12.7. The Labute approximate surface area is 90.7 Å². The van der Waals surface area contributed by atoms with E-state index in [0.29, 0.717) is 0 Å². The Morgan fingerprint density at radius 2 is 1.47 bits per heavy atom. The number of hydrogen-bond donors (Lipinski definition) is 0. The number of rotatable bonds is 2. The predicted molar refractivity (Wildman–Crippen MR) is 65.3 cm³/mol. The summed E-state index contributed by atoms with van der Waals surface area (Å²) in [5.74, 6) is 0. The van der Waals surface area contributed by atoms with Crippen LogP contribution in [0.15, 0.2) is 43.0 Å². The Hall–Kier alpha value is -1.76. The van der Waals surface area contributed by atoms with Crippen LogP contribution >= 0.6 is 0 Å². The van der Waals surface area contributed by atoms with Gasteiger partial charge >= 0.3 is 0 Å². The molecule has 76 valence electrons. The lowest BCUT2D eigenvalue weighted by Gasteiger charge is -2.09. The molecule has 0 saturated carbocycles. The van der Waals surface area contributed by atoms with Gasteiger partial charge in [-0.1, -0.05) is 24.8 Å². The summed E-state index contributed by atoms with van der Waals surface area (Å²) in [5.41, 5.74) is 4.89. The molecule has 2 rings (SSSR count). The number of aromatic nitrogens is 1. The van der Waals surface area contributed by atoms with Gasteiger partial charge in [0, 0.05) is 17.1 Å². The van der Waals surface area contributed by atoms with Gasteiger partial charge in [-0.3, -0.25) is 0 Å². The third-order valence-corrected chi connectivity index (χ3v) is 2.66. The third-order valence-electron chi connectivity index (χ3n) is 2.66. The second-order valence-corrected chi connectivity index (χ2v) is 3.75. The van der Waals surface area contributed by atoms with Gasteiger partial charge in [-0.05, 0) is 43.7 Å². The van der Waals surface area contributed by atoms with Gasteiger partial charge in [-0.25, -0.2) is 0 Å². The summed E-state index contributed by atoms with van der Waals surface area (Å²) in [6.45, 7) is 7.99. The molecule has 0 unspecified atom stereocenters. The topological polar surface area (TPSA) is 4.93 Å². The Morgan fingerprint density at radius 3 is 1.93 bits per heavy atom. The predicted octanol–water partition coefficient (Wildman–Crippen LogP) is 3.74. The van der Waals surface area contributed by atoms with E-state index in [1.54, 1.807) is 0 Å². The van der Waals surface area contributed by atoms with Gasteiger partial charge < -0.3 is 4.57 Å². The first-order chi connectivity index (χ1) is 7.22. The smallest absolute Gasteiger partial charge is 0.0455 e. The quantitative estimate of drug-likeness (QED) is 0.691. The van der Waals surface area contributed by atoms with E-state index in [2.05, 4.69) is 61.4 Å². The van der Waals surface area contributed by atoms with Crippen molar-refractivity contribution in [3.8, 4) is 5.69 Å². The largest absolute Gasteiger partial charge is 0.319 e. The maximum atomic E-state index is 3.75. The van der Waals surface area contributed by atoms with Crippen LogP contribution in [0.5, 0.6) is 0 Å².